The van der Waals surface area contributed by atoms with Crippen molar-refractivity contribution in [2.75, 3.05) is 5.32 Å². The van der Waals surface area contributed by atoms with E-state index in [9.17, 15) is 14.4 Å². The monoisotopic (exact) mass is 375 g/mol. The lowest BCUT2D eigenvalue weighted by molar-refractivity contribution is 0.0978. The van der Waals surface area contributed by atoms with Gasteiger partial charge in [-0.2, -0.15) is 0 Å². The number of halogens is 1. The first-order chi connectivity index (χ1) is 13.0. The van der Waals surface area contributed by atoms with Crippen LogP contribution >= 0.6 is 11.6 Å². The molecule has 0 aromatic heterocycles. The quantitative estimate of drug-likeness (QED) is 0.553. The fourth-order valence-corrected chi connectivity index (χ4v) is 3.43. The average Bonchev–Trinajstić information content (AvgIpc) is 2.68. The fourth-order valence-electron chi connectivity index (χ4n) is 3.19. The second-order valence-corrected chi connectivity index (χ2v) is 6.78. The topological polar surface area (TPSA) is 63.2 Å². The zero-order valence-electron chi connectivity index (χ0n) is 14.4. The molecule has 132 valence electrons. The standard InChI is InChI=1S/C22H14ClNO3/c1-12-6-8-13(9-7-12)22(27)24-17-11-10-16(23)18-19(17)21(26)15-5-3-2-4-14(15)20(18)25/h2-11H,1H3,(H,24,27). The maximum atomic E-state index is 13.0. The fraction of sp³-hybridized carbons (Fsp3) is 0.0455. The Hall–Kier alpha value is -3.24. The van der Waals surface area contributed by atoms with Crippen molar-refractivity contribution in [1.82, 2.24) is 0 Å². The Labute approximate surface area is 160 Å². The van der Waals surface area contributed by atoms with E-state index in [1.54, 1.807) is 42.5 Å². The van der Waals surface area contributed by atoms with Crippen molar-refractivity contribution in [2.24, 2.45) is 0 Å². The highest BCUT2D eigenvalue weighted by atomic mass is 35.5. The van der Waals surface area contributed by atoms with E-state index in [-0.39, 0.29) is 39.3 Å². The second kappa shape index (κ2) is 6.49. The molecule has 0 radical (unpaired) electrons. The minimum absolute atomic E-state index is 0.127. The van der Waals surface area contributed by atoms with Crippen LogP contribution in [0.15, 0.2) is 60.7 Å². The van der Waals surface area contributed by atoms with Crippen molar-refractivity contribution >= 4 is 34.8 Å². The number of nitrogens with one attached hydrogen (secondary N) is 1. The molecule has 27 heavy (non-hydrogen) atoms. The summed E-state index contributed by atoms with van der Waals surface area (Å²) < 4.78 is 0. The number of carbonyl (C=O) groups excluding carboxylic acids is 3. The molecule has 1 aliphatic rings. The minimum atomic E-state index is -0.362. The normalized spacial score (nSPS) is 12.4. The molecule has 3 aromatic carbocycles. The summed E-state index contributed by atoms with van der Waals surface area (Å²) in [5, 5.41) is 2.93. The number of fused-ring (bicyclic) bond motifs is 2. The molecule has 0 heterocycles. The molecule has 0 saturated carbocycles. The molecule has 0 saturated heterocycles. The van der Waals surface area contributed by atoms with Gasteiger partial charge in [0.1, 0.15) is 0 Å². The highest BCUT2D eigenvalue weighted by Gasteiger charge is 2.33. The number of ketones is 2. The first-order valence-corrected chi connectivity index (χ1v) is 8.74. The van der Waals surface area contributed by atoms with Crippen LogP contribution in [-0.2, 0) is 0 Å². The first-order valence-electron chi connectivity index (χ1n) is 8.36. The van der Waals surface area contributed by atoms with E-state index in [2.05, 4.69) is 5.32 Å². The molecule has 0 fully saturated rings. The number of rotatable bonds is 2. The molecule has 0 bridgehead atoms. The molecule has 0 atom stereocenters. The van der Waals surface area contributed by atoms with Gasteiger partial charge in [-0.25, -0.2) is 0 Å². The number of carbonyl (C=O) groups is 3. The number of amides is 1. The van der Waals surface area contributed by atoms with E-state index in [1.807, 2.05) is 19.1 Å². The molecular formula is C22H14ClNO3. The van der Waals surface area contributed by atoms with Crippen molar-refractivity contribution in [3.63, 3.8) is 0 Å². The molecule has 1 amide bonds. The third kappa shape index (κ3) is 2.84. The number of hydrogen-bond donors (Lipinski definition) is 1. The van der Waals surface area contributed by atoms with Gasteiger partial charge in [0.25, 0.3) is 5.91 Å². The highest BCUT2D eigenvalue weighted by molar-refractivity contribution is 6.40. The molecule has 1 aliphatic carbocycles. The van der Waals surface area contributed by atoms with Crippen molar-refractivity contribution < 1.29 is 14.4 Å². The lowest BCUT2D eigenvalue weighted by atomic mass is 9.83. The van der Waals surface area contributed by atoms with Crippen LogP contribution in [0.2, 0.25) is 5.02 Å². The van der Waals surface area contributed by atoms with Crippen LogP contribution in [0.5, 0.6) is 0 Å². The first kappa shape index (κ1) is 17.2. The number of aryl methyl sites for hydroxylation is 1. The Kier molecular flexibility index (Phi) is 4.13. The Morgan fingerprint density at radius 1 is 0.815 bits per heavy atom. The smallest absolute Gasteiger partial charge is 0.255 e. The van der Waals surface area contributed by atoms with Crippen molar-refractivity contribution in [3.05, 3.63) is 99.1 Å². The number of anilines is 1. The third-order valence-corrected chi connectivity index (χ3v) is 4.90. The predicted molar refractivity (Wildman–Crippen MR) is 104 cm³/mol. The Bertz CT molecular complexity index is 1120. The van der Waals surface area contributed by atoms with E-state index < -0.39 is 0 Å². The van der Waals surface area contributed by atoms with Gasteiger partial charge in [-0.15, -0.1) is 0 Å². The van der Waals surface area contributed by atoms with E-state index >= 15 is 0 Å². The number of benzene rings is 3. The summed E-state index contributed by atoms with van der Waals surface area (Å²) in [5.41, 5.74) is 2.65. The molecule has 0 aliphatic heterocycles. The minimum Gasteiger partial charge on any atom is -0.321 e. The van der Waals surface area contributed by atoms with E-state index in [0.29, 0.717) is 16.7 Å². The van der Waals surface area contributed by atoms with Gasteiger partial charge >= 0.3 is 0 Å². The molecule has 4 rings (SSSR count). The van der Waals surface area contributed by atoms with Gasteiger partial charge in [0.15, 0.2) is 11.6 Å². The molecule has 0 unspecified atom stereocenters. The number of hydrogen-bond acceptors (Lipinski definition) is 3. The van der Waals surface area contributed by atoms with Gasteiger partial charge in [-0.3, -0.25) is 14.4 Å². The zero-order valence-corrected chi connectivity index (χ0v) is 15.1. The molecule has 3 aromatic rings. The van der Waals surface area contributed by atoms with E-state index in [4.69, 9.17) is 11.6 Å². The van der Waals surface area contributed by atoms with Crippen LogP contribution in [0.4, 0.5) is 5.69 Å². The summed E-state index contributed by atoms with van der Waals surface area (Å²) in [5.74, 6) is -1.02. The van der Waals surface area contributed by atoms with Crippen LogP contribution in [-0.4, -0.2) is 17.5 Å². The zero-order chi connectivity index (χ0) is 19.1. The van der Waals surface area contributed by atoms with Crippen LogP contribution in [0, 0.1) is 6.92 Å². The molecule has 5 heteroatoms. The third-order valence-electron chi connectivity index (χ3n) is 4.59. The summed E-state index contributed by atoms with van der Waals surface area (Å²) >= 11 is 6.23. The predicted octanol–water partition coefficient (Wildman–Crippen LogP) is 4.68. The molecular weight excluding hydrogens is 362 g/mol. The van der Waals surface area contributed by atoms with E-state index in [1.165, 1.54) is 6.07 Å². The van der Waals surface area contributed by atoms with E-state index in [0.717, 1.165) is 5.56 Å². The summed E-state index contributed by atoms with van der Waals surface area (Å²) in [6, 6.07) is 16.7. The average molecular weight is 376 g/mol. The molecule has 4 nitrogen and oxygen atoms in total. The maximum absolute atomic E-state index is 13.0. The largest absolute Gasteiger partial charge is 0.321 e. The SMILES string of the molecule is Cc1ccc(C(=O)Nc2ccc(Cl)c3c2C(=O)c2ccccc2C3=O)cc1. The van der Waals surface area contributed by atoms with Crippen molar-refractivity contribution in [3.8, 4) is 0 Å². The Morgan fingerprint density at radius 2 is 1.41 bits per heavy atom. The Balaban J connectivity index is 1.81. The van der Waals surface area contributed by atoms with Crippen molar-refractivity contribution in [2.45, 2.75) is 6.92 Å². The second-order valence-electron chi connectivity index (χ2n) is 6.37. The Morgan fingerprint density at radius 3 is 2.04 bits per heavy atom. The lowest BCUT2D eigenvalue weighted by Crippen LogP contribution is -2.24. The van der Waals surface area contributed by atoms with Gasteiger partial charge in [0, 0.05) is 16.7 Å². The van der Waals surface area contributed by atoms with Crippen LogP contribution in [0.25, 0.3) is 0 Å². The lowest BCUT2D eigenvalue weighted by Gasteiger charge is -2.21. The maximum Gasteiger partial charge on any atom is 0.255 e. The summed E-state index contributed by atoms with van der Waals surface area (Å²) in [6.45, 7) is 1.93. The van der Waals surface area contributed by atoms with Crippen LogP contribution in [0.3, 0.4) is 0 Å². The molecule has 1 N–H and O–H groups in total. The van der Waals surface area contributed by atoms with Crippen LogP contribution in [0.1, 0.15) is 47.8 Å². The van der Waals surface area contributed by atoms with Gasteiger partial charge in [0.05, 0.1) is 21.8 Å². The van der Waals surface area contributed by atoms with Crippen molar-refractivity contribution in [1.29, 1.82) is 0 Å². The van der Waals surface area contributed by atoms with Gasteiger partial charge in [0.2, 0.25) is 0 Å². The summed E-state index contributed by atoms with van der Waals surface area (Å²) in [6.07, 6.45) is 0. The highest BCUT2D eigenvalue weighted by Crippen LogP contribution is 2.36. The van der Waals surface area contributed by atoms with Gasteiger partial charge in [-0.05, 0) is 31.2 Å². The van der Waals surface area contributed by atoms with Gasteiger partial charge < -0.3 is 5.32 Å². The van der Waals surface area contributed by atoms with Crippen LogP contribution < -0.4 is 5.32 Å². The summed E-state index contributed by atoms with van der Waals surface area (Å²) in [7, 11) is 0. The summed E-state index contributed by atoms with van der Waals surface area (Å²) in [4.78, 5) is 38.5. The van der Waals surface area contributed by atoms with Gasteiger partial charge in [-0.1, -0.05) is 53.6 Å². The molecule has 0 spiro atoms.